The summed E-state index contributed by atoms with van der Waals surface area (Å²) in [6.45, 7) is 0.0690. The minimum absolute atomic E-state index is 0.0574. The highest BCUT2D eigenvalue weighted by atomic mass is 32.2. The van der Waals surface area contributed by atoms with Gasteiger partial charge in [-0.2, -0.15) is 4.98 Å². The average molecular weight is 450 g/mol. The Kier molecular flexibility index (Phi) is 5.50. The van der Waals surface area contributed by atoms with Crippen LogP contribution in [-0.4, -0.2) is 36.7 Å². The number of ether oxygens (including phenoxy) is 1. The van der Waals surface area contributed by atoms with Crippen LogP contribution in [0.2, 0.25) is 0 Å². The molecule has 0 amide bonds. The fourth-order valence-corrected chi connectivity index (χ4v) is 4.94. The zero-order valence-electron chi connectivity index (χ0n) is 15.7. The van der Waals surface area contributed by atoms with Crippen LogP contribution in [-0.2, 0) is 16.4 Å². The van der Waals surface area contributed by atoms with E-state index in [1.165, 1.54) is 36.6 Å². The summed E-state index contributed by atoms with van der Waals surface area (Å²) in [5, 5.41) is 6.27. The van der Waals surface area contributed by atoms with Crippen LogP contribution in [0.15, 0.2) is 52.7 Å². The molecular weight excluding hydrogens is 434 g/mol. The quantitative estimate of drug-likeness (QED) is 0.467. The summed E-state index contributed by atoms with van der Waals surface area (Å²) < 4.78 is 60.8. The Morgan fingerprint density at radius 3 is 2.60 bits per heavy atom. The largest absolute Gasteiger partial charge is 0.495 e. The fraction of sp³-hybridized carbons (Fsp3) is 0.158. The number of nitrogens with zero attached hydrogens (tertiary/aromatic N) is 3. The molecule has 4 rings (SSSR count). The Bertz CT molecular complexity index is 1300. The maximum absolute atomic E-state index is 13.5. The van der Waals surface area contributed by atoms with Crippen molar-refractivity contribution in [2.45, 2.75) is 11.3 Å². The van der Waals surface area contributed by atoms with E-state index in [2.05, 4.69) is 14.8 Å². The number of sulfonamides is 1. The summed E-state index contributed by atoms with van der Waals surface area (Å²) in [5.41, 5.74) is 1.43. The van der Waals surface area contributed by atoms with Crippen molar-refractivity contribution in [3.8, 4) is 17.1 Å². The van der Waals surface area contributed by atoms with E-state index in [0.29, 0.717) is 22.8 Å². The van der Waals surface area contributed by atoms with Gasteiger partial charge in [0, 0.05) is 23.9 Å². The molecule has 0 aliphatic heterocycles. The molecule has 2 aromatic heterocycles. The van der Waals surface area contributed by atoms with Crippen LogP contribution in [0.5, 0.6) is 5.75 Å². The van der Waals surface area contributed by atoms with Gasteiger partial charge in [0.05, 0.1) is 12.8 Å². The van der Waals surface area contributed by atoms with Crippen LogP contribution in [0.1, 0.15) is 5.69 Å². The highest BCUT2D eigenvalue weighted by molar-refractivity contribution is 7.89. The van der Waals surface area contributed by atoms with Crippen LogP contribution in [0.3, 0.4) is 0 Å². The van der Waals surface area contributed by atoms with Gasteiger partial charge in [0.2, 0.25) is 15.0 Å². The normalized spacial score (nSPS) is 11.8. The number of hydrogen-bond acceptors (Lipinski definition) is 6. The van der Waals surface area contributed by atoms with E-state index in [0.717, 1.165) is 17.8 Å². The molecule has 0 atom stereocenters. The number of aromatic nitrogens is 3. The van der Waals surface area contributed by atoms with E-state index in [9.17, 15) is 17.2 Å². The molecule has 0 spiro atoms. The van der Waals surface area contributed by atoms with Gasteiger partial charge in [-0.1, -0.05) is 0 Å². The standard InChI is InChI=1S/C19H16F2N4O3S2/c1-28-16-7-6-14(21)10-17(16)30(26,27)22-9-8-15-11-29-19-23-18(24-25(15)19)12-2-4-13(20)5-3-12/h2-7,10-11,22H,8-9H2,1H3. The zero-order chi connectivity index (χ0) is 21.3. The first-order valence-corrected chi connectivity index (χ1v) is 11.2. The van der Waals surface area contributed by atoms with Crippen molar-refractivity contribution in [3.05, 3.63) is 65.2 Å². The van der Waals surface area contributed by atoms with Crippen molar-refractivity contribution < 1.29 is 21.9 Å². The van der Waals surface area contributed by atoms with Gasteiger partial charge in [-0.3, -0.25) is 0 Å². The Labute approximate surface area is 175 Å². The van der Waals surface area contributed by atoms with Gasteiger partial charge < -0.3 is 4.74 Å². The minimum atomic E-state index is -3.97. The molecule has 0 bridgehead atoms. The lowest BCUT2D eigenvalue weighted by Crippen LogP contribution is -2.26. The second-order valence-electron chi connectivity index (χ2n) is 6.31. The summed E-state index contributed by atoms with van der Waals surface area (Å²) in [6, 6.07) is 9.16. The van der Waals surface area contributed by atoms with Crippen LogP contribution in [0, 0.1) is 11.6 Å². The van der Waals surface area contributed by atoms with Crippen molar-refractivity contribution in [3.63, 3.8) is 0 Å². The molecule has 0 aliphatic rings. The third-order valence-electron chi connectivity index (χ3n) is 4.34. The maximum atomic E-state index is 13.5. The predicted molar refractivity (Wildman–Crippen MR) is 108 cm³/mol. The maximum Gasteiger partial charge on any atom is 0.244 e. The average Bonchev–Trinajstić information content (AvgIpc) is 3.30. The van der Waals surface area contributed by atoms with Crippen molar-refractivity contribution >= 4 is 26.3 Å². The summed E-state index contributed by atoms with van der Waals surface area (Å²) >= 11 is 1.36. The van der Waals surface area contributed by atoms with E-state index in [1.807, 2.05) is 5.38 Å². The van der Waals surface area contributed by atoms with Crippen LogP contribution in [0.4, 0.5) is 8.78 Å². The Hall–Kier alpha value is -2.89. The first-order chi connectivity index (χ1) is 14.4. The SMILES string of the molecule is COc1ccc(F)cc1S(=O)(=O)NCCc1csc2nc(-c3ccc(F)cc3)nn12. The van der Waals surface area contributed by atoms with E-state index >= 15 is 0 Å². The number of halogens is 2. The number of benzene rings is 2. The first-order valence-electron chi connectivity index (χ1n) is 8.79. The second kappa shape index (κ2) is 8.09. The van der Waals surface area contributed by atoms with Crippen LogP contribution < -0.4 is 9.46 Å². The molecule has 156 valence electrons. The van der Waals surface area contributed by atoms with Crippen LogP contribution in [0.25, 0.3) is 16.3 Å². The van der Waals surface area contributed by atoms with Crippen molar-refractivity contribution in [1.29, 1.82) is 0 Å². The third kappa shape index (κ3) is 4.04. The minimum Gasteiger partial charge on any atom is -0.495 e. The molecule has 0 aliphatic carbocycles. The Balaban J connectivity index is 1.50. The van der Waals surface area contributed by atoms with Crippen LogP contribution >= 0.6 is 11.3 Å². The van der Waals surface area contributed by atoms with E-state index in [4.69, 9.17) is 4.74 Å². The van der Waals surface area contributed by atoms with Crippen molar-refractivity contribution in [2.75, 3.05) is 13.7 Å². The molecule has 0 radical (unpaired) electrons. The van der Waals surface area contributed by atoms with E-state index in [-0.39, 0.29) is 23.0 Å². The van der Waals surface area contributed by atoms with E-state index < -0.39 is 15.8 Å². The Morgan fingerprint density at radius 2 is 1.87 bits per heavy atom. The molecule has 2 aromatic carbocycles. The van der Waals surface area contributed by atoms with Gasteiger partial charge in [0.15, 0.2) is 5.82 Å². The second-order valence-corrected chi connectivity index (χ2v) is 8.88. The lowest BCUT2D eigenvalue weighted by molar-refractivity contribution is 0.400. The predicted octanol–water partition coefficient (Wildman–Crippen LogP) is 3.27. The van der Waals surface area contributed by atoms with Gasteiger partial charge in [-0.05, 0) is 42.5 Å². The Morgan fingerprint density at radius 1 is 1.13 bits per heavy atom. The molecule has 0 unspecified atom stereocenters. The highest BCUT2D eigenvalue weighted by Gasteiger charge is 2.20. The molecule has 0 saturated carbocycles. The molecule has 11 heteroatoms. The molecule has 2 heterocycles. The van der Waals surface area contributed by atoms with Gasteiger partial charge in [-0.15, -0.1) is 16.4 Å². The number of nitrogens with one attached hydrogen (secondary N) is 1. The highest BCUT2D eigenvalue weighted by Crippen LogP contribution is 2.25. The number of thiazole rings is 1. The number of hydrogen-bond donors (Lipinski definition) is 1. The number of fused-ring (bicyclic) bond motifs is 1. The third-order valence-corrected chi connectivity index (χ3v) is 6.69. The number of methoxy groups -OCH3 is 1. The first kappa shape index (κ1) is 20.4. The zero-order valence-corrected chi connectivity index (χ0v) is 17.3. The molecule has 0 saturated heterocycles. The summed E-state index contributed by atoms with van der Waals surface area (Å²) in [4.78, 5) is 4.80. The topological polar surface area (TPSA) is 85.6 Å². The van der Waals surface area contributed by atoms with Crippen molar-refractivity contribution in [2.24, 2.45) is 0 Å². The molecule has 0 fully saturated rings. The number of rotatable bonds is 7. The smallest absolute Gasteiger partial charge is 0.244 e. The molecule has 1 N–H and O–H groups in total. The summed E-state index contributed by atoms with van der Waals surface area (Å²) in [7, 11) is -2.65. The summed E-state index contributed by atoms with van der Waals surface area (Å²) in [6.07, 6.45) is 0.336. The molecular formula is C19H16F2N4O3S2. The molecule has 4 aromatic rings. The monoisotopic (exact) mass is 450 g/mol. The van der Waals surface area contributed by atoms with Gasteiger partial charge >= 0.3 is 0 Å². The molecule has 30 heavy (non-hydrogen) atoms. The van der Waals surface area contributed by atoms with Gasteiger partial charge in [0.1, 0.15) is 22.3 Å². The molecule has 7 nitrogen and oxygen atoms in total. The lowest BCUT2D eigenvalue weighted by atomic mass is 10.2. The van der Waals surface area contributed by atoms with E-state index in [1.54, 1.807) is 16.6 Å². The summed E-state index contributed by atoms with van der Waals surface area (Å²) in [5.74, 6) is -0.510. The van der Waals surface area contributed by atoms with Gasteiger partial charge in [-0.25, -0.2) is 26.4 Å². The lowest BCUT2D eigenvalue weighted by Gasteiger charge is -2.10. The fourth-order valence-electron chi connectivity index (χ4n) is 2.87. The van der Waals surface area contributed by atoms with Crippen molar-refractivity contribution in [1.82, 2.24) is 19.3 Å². The van der Waals surface area contributed by atoms with Gasteiger partial charge in [0.25, 0.3) is 0 Å².